The standard InChI is InChI=1S/C57H43NO2/c1-5-17-38(3)56(4,39-19-7-6-8-20-39)40-30-32-41(33-31-40)58(42-21-15-18-37(2)34-42)51-28-16-29-52-55(51)60-54-36-50-46(35-53(54)59-52)45-24-11-14-27-49(45)57(50)47-25-12-9-22-43(47)44-23-10-13-26-48(44)57/h5-36H,3H2,1-2,4H3/b17-5-. The summed E-state index contributed by atoms with van der Waals surface area (Å²) in [4.78, 5) is 2.28. The van der Waals surface area contributed by atoms with E-state index in [-0.39, 0.29) is 0 Å². The highest BCUT2D eigenvalue weighted by molar-refractivity contribution is 5.96. The van der Waals surface area contributed by atoms with Gasteiger partial charge in [-0.15, -0.1) is 0 Å². The number of aryl methyl sites for hydroxylation is 1. The van der Waals surface area contributed by atoms with Crippen molar-refractivity contribution in [3.8, 4) is 45.3 Å². The van der Waals surface area contributed by atoms with Crippen molar-refractivity contribution in [2.45, 2.75) is 31.6 Å². The minimum atomic E-state index is -0.487. The van der Waals surface area contributed by atoms with Crippen LogP contribution in [0.3, 0.4) is 0 Å². The van der Waals surface area contributed by atoms with Gasteiger partial charge in [-0.1, -0.05) is 152 Å². The van der Waals surface area contributed by atoms with Crippen LogP contribution in [0.15, 0.2) is 206 Å². The summed E-state index contributed by atoms with van der Waals surface area (Å²) >= 11 is 0. The zero-order valence-electron chi connectivity index (χ0n) is 33.9. The number of hydrogen-bond acceptors (Lipinski definition) is 3. The highest BCUT2D eigenvalue weighted by Gasteiger charge is 2.52. The van der Waals surface area contributed by atoms with Crippen LogP contribution in [-0.4, -0.2) is 0 Å². The van der Waals surface area contributed by atoms with Gasteiger partial charge in [0.25, 0.3) is 0 Å². The maximum absolute atomic E-state index is 7.17. The zero-order chi connectivity index (χ0) is 40.6. The second-order valence-electron chi connectivity index (χ2n) is 16.3. The number of ether oxygens (including phenoxy) is 2. The van der Waals surface area contributed by atoms with Crippen molar-refractivity contribution in [3.05, 3.63) is 245 Å². The van der Waals surface area contributed by atoms with Crippen LogP contribution in [0.4, 0.5) is 17.1 Å². The second kappa shape index (κ2) is 13.6. The molecule has 0 saturated heterocycles. The quantitative estimate of drug-likeness (QED) is 0.151. The van der Waals surface area contributed by atoms with Crippen LogP contribution in [-0.2, 0) is 10.8 Å². The Kier molecular flexibility index (Phi) is 8.12. The molecule has 0 bridgehead atoms. The number of allylic oxidation sites excluding steroid dienone is 3. The summed E-state index contributed by atoms with van der Waals surface area (Å²) in [5.41, 5.74) is 16.5. The van der Waals surface area contributed by atoms with E-state index in [2.05, 4.69) is 213 Å². The van der Waals surface area contributed by atoms with Crippen LogP contribution in [0, 0.1) is 6.92 Å². The third kappa shape index (κ3) is 5.09. The molecule has 0 fully saturated rings. The third-order valence-electron chi connectivity index (χ3n) is 13.0. The van der Waals surface area contributed by atoms with E-state index in [4.69, 9.17) is 9.47 Å². The molecule has 3 heteroatoms. The summed E-state index contributed by atoms with van der Waals surface area (Å²) in [5, 5.41) is 0. The van der Waals surface area contributed by atoms with E-state index < -0.39 is 10.8 Å². The van der Waals surface area contributed by atoms with Gasteiger partial charge in [0.2, 0.25) is 0 Å². The van der Waals surface area contributed by atoms with E-state index in [1.807, 2.05) is 13.0 Å². The summed E-state index contributed by atoms with van der Waals surface area (Å²) in [5.74, 6) is 2.75. The highest BCUT2D eigenvalue weighted by Crippen LogP contribution is 2.65. The first-order valence-corrected chi connectivity index (χ1v) is 20.7. The molecule has 0 aromatic heterocycles. The Morgan fingerprint density at radius 3 is 1.77 bits per heavy atom. The molecule has 11 rings (SSSR count). The van der Waals surface area contributed by atoms with E-state index in [0.29, 0.717) is 23.0 Å². The molecule has 8 aromatic carbocycles. The first kappa shape index (κ1) is 35.8. The first-order chi connectivity index (χ1) is 29.4. The first-order valence-electron chi connectivity index (χ1n) is 20.7. The average Bonchev–Trinajstić information content (AvgIpc) is 3.75. The molecule has 0 N–H and O–H groups in total. The molecule has 3 aliphatic rings. The lowest BCUT2D eigenvalue weighted by Crippen LogP contribution is -2.26. The molecule has 60 heavy (non-hydrogen) atoms. The molecular formula is C57H43NO2. The molecule has 0 radical (unpaired) electrons. The van der Waals surface area contributed by atoms with Gasteiger partial charge in [0.15, 0.2) is 23.0 Å². The van der Waals surface area contributed by atoms with Crippen LogP contribution >= 0.6 is 0 Å². The van der Waals surface area contributed by atoms with Gasteiger partial charge < -0.3 is 14.4 Å². The predicted molar refractivity (Wildman–Crippen MR) is 246 cm³/mol. The molecule has 8 aromatic rings. The number of nitrogens with zero attached hydrogens (tertiary/aromatic N) is 1. The van der Waals surface area contributed by atoms with E-state index in [0.717, 1.165) is 28.2 Å². The normalized spacial score (nSPS) is 14.4. The van der Waals surface area contributed by atoms with Crippen LogP contribution in [0.25, 0.3) is 22.3 Å². The lowest BCUT2D eigenvalue weighted by Gasteiger charge is -2.34. The summed E-state index contributed by atoms with van der Waals surface area (Å²) in [6.07, 6.45) is 4.18. The molecule has 1 heterocycles. The molecule has 1 spiro atoms. The lowest BCUT2D eigenvalue weighted by molar-refractivity contribution is 0.360. The molecule has 2 aliphatic carbocycles. The Bertz CT molecular complexity index is 3000. The number of fused-ring (bicyclic) bond motifs is 12. The van der Waals surface area contributed by atoms with Crippen molar-refractivity contribution in [2.24, 2.45) is 0 Å². The Morgan fingerprint density at radius 2 is 1.12 bits per heavy atom. The zero-order valence-corrected chi connectivity index (χ0v) is 33.9. The summed E-state index contributed by atoms with van der Waals surface area (Å²) in [6, 6.07) is 65.4. The number of rotatable bonds is 7. The monoisotopic (exact) mass is 773 g/mol. The van der Waals surface area contributed by atoms with Crippen molar-refractivity contribution in [2.75, 3.05) is 4.90 Å². The van der Waals surface area contributed by atoms with Crippen molar-refractivity contribution < 1.29 is 9.47 Å². The molecule has 1 aliphatic heterocycles. The van der Waals surface area contributed by atoms with Gasteiger partial charge in [-0.05, 0) is 136 Å². The molecular weight excluding hydrogens is 731 g/mol. The minimum Gasteiger partial charge on any atom is -0.449 e. The van der Waals surface area contributed by atoms with Crippen molar-refractivity contribution >= 4 is 17.1 Å². The summed E-state index contributed by atoms with van der Waals surface area (Å²) < 4.78 is 14.1. The Labute approximate surface area is 352 Å². The van der Waals surface area contributed by atoms with E-state index >= 15 is 0 Å². The molecule has 1 unspecified atom stereocenters. The Balaban J connectivity index is 1.06. The highest BCUT2D eigenvalue weighted by atomic mass is 16.6. The molecule has 0 amide bonds. The smallest absolute Gasteiger partial charge is 0.194 e. The average molecular weight is 774 g/mol. The summed E-state index contributed by atoms with van der Waals surface area (Å²) in [7, 11) is 0. The van der Waals surface area contributed by atoms with E-state index in [1.54, 1.807) is 0 Å². The fraction of sp³-hybridized carbons (Fsp3) is 0.0877. The maximum Gasteiger partial charge on any atom is 0.194 e. The van der Waals surface area contributed by atoms with Gasteiger partial charge in [-0.25, -0.2) is 0 Å². The van der Waals surface area contributed by atoms with Crippen LogP contribution < -0.4 is 14.4 Å². The molecule has 0 saturated carbocycles. The van der Waals surface area contributed by atoms with Gasteiger partial charge in [0, 0.05) is 16.8 Å². The SMILES string of the molecule is C=C(/C=C\C)C(C)(c1ccccc1)c1ccc(N(c2cccc(C)c2)c2cccc3c2Oc2cc4c(cc2O3)-c2ccccc2C42c3ccccc3-c3ccccc32)cc1. The largest absolute Gasteiger partial charge is 0.449 e. The number of para-hydroxylation sites is 1. The Morgan fingerprint density at radius 1 is 0.533 bits per heavy atom. The predicted octanol–water partition coefficient (Wildman–Crippen LogP) is 15.1. The van der Waals surface area contributed by atoms with Gasteiger partial charge in [-0.3, -0.25) is 0 Å². The minimum absolute atomic E-state index is 0.426. The van der Waals surface area contributed by atoms with Crippen LogP contribution in [0.1, 0.15) is 52.8 Å². The second-order valence-corrected chi connectivity index (χ2v) is 16.3. The fourth-order valence-corrected chi connectivity index (χ4v) is 10.2. The number of hydrogen-bond donors (Lipinski definition) is 0. The van der Waals surface area contributed by atoms with Crippen molar-refractivity contribution in [1.82, 2.24) is 0 Å². The molecule has 1 atom stereocenters. The van der Waals surface area contributed by atoms with Gasteiger partial charge in [0.1, 0.15) is 0 Å². The third-order valence-corrected chi connectivity index (χ3v) is 13.0. The van der Waals surface area contributed by atoms with E-state index in [1.165, 1.54) is 55.6 Å². The topological polar surface area (TPSA) is 21.7 Å². The van der Waals surface area contributed by atoms with E-state index in [9.17, 15) is 0 Å². The fourth-order valence-electron chi connectivity index (χ4n) is 10.2. The van der Waals surface area contributed by atoms with Crippen LogP contribution in [0.5, 0.6) is 23.0 Å². The molecule has 3 nitrogen and oxygen atoms in total. The van der Waals surface area contributed by atoms with Crippen molar-refractivity contribution in [3.63, 3.8) is 0 Å². The maximum atomic E-state index is 7.17. The number of benzene rings is 8. The van der Waals surface area contributed by atoms with Crippen molar-refractivity contribution in [1.29, 1.82) is 0 Å². The lowest BCUT2D eigenvalue weighted by atomic mass is 9.70. The number of anilines is 3. The Hall–Kier alpha value is -7.36. The van der Waals surface area contributed by atoms with Gasteiger partial charge in [0.05, 0.1) is 11.1 Å². The molecule has 288 valence electrons. The van der Waals surface area contributed by atoms with Gasteiger partial charge in [-0.2, -0.15) is 0 Å². The summed E-state index contributed by atoms with van der Waals surface area (Å²) in [6.45, 7) is 11.0. The van der Waals surface area contributed by atoms with Crippen LogP contribution in [0.2, 0.25) is 0 Å². The van der Waals surface area contributed by atoms with Gasteiger partial charge >= 0.3 is 0 Å².